The smallest absolute Gasteiger partial charge is 0.228 e. The summed E-state index contributed by atoms with van der Waals surface area (Å²) in [6, 6.07) is 14.8. The molecule has 0 saturated heterocycles. The number of halogens is 1. The molecule has 5 nitrogen and oxygen atoms in total. The number of aryl methyl sites for hydroxylation is 1. The van der Waals surface area contributed by atoms with Gasteiger partial charge in [0.25, 0.3) is 0 Å². The Labute approximate surface area is 151 Å². The van der Waals surface area contributed by atoms with Gasteiger partial charge in [-0.2, -0.15) is 5.10 Å². The largest absolute Gasteiger partial charge is 0.497 e. The molecule has 0 spiro atoms. The second-order valence-electron chi connectivity index (χ2n) is 5.66. The van der Waals surface area contributed by atoms with E-state index in [1.165, 1.54) is 0 Å². The van der Waals surface area contributed by atoms with Crippen molar-refractivity contribution in [1.29, 1.82) is 0 Å². The molecule has 0 saturated carbocycles. The van der Waals surface area contributed by atoms with Gasteiger partial charge in [-0.1, -0.05) is 35.9 Å². The Bertz CT molecular complexity index is 888. The molecule has 128 valence electrons. The number of rotatable bonds is 5. The second kappa shape index (κ2) is 7.40. The van der Waals surface area contributed by atoms with Crippen LogP contribution in [-0.4, -0.2) is 23.2 Å². The number of H-pyrrole nitrogens is 1. The van der Waals surface area contributed by atoms with Crippen LogP contribution in [0.1, 0.15) is 11.3 Å². The average molecular weight is 356 g/mol. The molecule has 0 bridgehead atoms. The maximum Gasteiger partial charge on any atom is 0.228 e. The molecular weight excluding hydrogens is 338 g/mol. The summed E-state index contributed by atoms with van der Waals surface area (Å²) < 4.78 is 5.19. The number of hydrogen-bond donors (Lipinski definition) is 2. The van der Waals surface area contributed by atoms with Crippen LogP contribution < -0.4 is 10.1 Å². The summed E-state index contributed by atoms with van der Waals surface area (Å²) in [5, 5.41) is 10.8. The lowest BCUT2D eigenvalue weighted by atomic mass is 10.1. The number of carbonyl (C=O) groups is 1. The first-order valence-electron chi connectivity index (χ1n) is 7.80. The molecule has 0 aliphatic heterocycles. The van der Waals surface area contributed by atoms with Gasteiger partial charge in [0.1, 0.15) is 11.4 Å². The number of carbonyl (C=O) groups excluding carboxylic acids is 1. The SMILES string of the molecule is COc1cccc(CC(=O)Nc2c(-c3ccc(Cl)cc3)n[nH]c2C)c1. The van der Waals surface area contributed by atoms with Gasteiger partial charge in [0, 0.05) is 10.6 Å². The standard InChI is InChI=1S/C19H18ClN3O2/c1-12-18(19(23-22-12)14-6-8-15(20)9-7-14)21-17(24)11-13-4-3-5-16(10-13)25-2/h3-10H,11H2,1-2H3,(H,21,24)(H,22,23). The van der Waals surface area contributed by atoms with Crippen molar-refractivity contribution in [1.82, 2.24) is 10.2 Å². The van der Waals surface area contributed by atoms with Crippen molar-refractivity contribution in [2.45, 2.75) is 13.3 Å². The molecule has 2 N–H and O–H groups in total. The van der Waals surface area contributed by atoms with Gasteiger partial charge in [0.2, 0.25) is 5.91 Å². The van der Waals surface area contributed by atoms with E-state index >= 15 is 0 Å². The molecule has 0 unspecified atom stereocenters. The van der Waals surface area contributed by atoms with Crippen LogP contribution >= 0.6 is 11.6 Å². The molecular formula is C19H18ClN3O2. The fourth-order valence-electron chi connectivity index (χ4n) is 2.55. The molecule has 2 aromatic carbocycles. The Balaban J connectivity index is 1.79. The van der Waals surface area contributed by atoms with Gasteiger partial charge in [-0.25, -0.2) is 0 Å². The Morgan fingerprint density at radius 1 is 1.24 bits per heavy atom. The highest BCUT2D eigenvalue weighted by Gasteiger charge is 2.15. The van der Waals surface area contributed by atoms with Crippen LogP contribution in [-0.2, 0) is 11.2 Å². The summed E-state index contributed by atoms with van der Waals surface area (Å²) in [4.78, 5) is 12.5. The van der Waals surface area contributed by atoms with E-state index in [0.717, 1.165) is 22.6 Å². The normalized spacial score (nSPS) is 10.5. The Hall–Kier alpha value is -2.79. The van der Waals surface area contributed by atoms with Gasteiger partial charge in [-0.05, 0) is 36.8 Å². The minimum atomic E-state index is -0.118. The zero-order valence-corrected chi connectivity index (χ0v) is 14.7. The predicted molar refractivity (Wildman–Crippen MR) is 99.1 cm³/mol. The Kier molecular flexibility index (Phi) is 5.05. The second-order valence-corrected chi connectivity index (χ2v) is 6.09. The number of aromatic amines is 1. The van der Waals surface area contributed by atoms with Crippen molar-refractivity contribution in [3.05, 3.63) is 64.8 Å². The summed E-state index contributed by atoms with van der Waals surface area (Å²) in [5.41, 5.74) is 3.92. The summed E-state index contributed by atoms with van der Waals surface area (Å²) in [6.07, 6.45) is 0.252. The molecule has 0 aliphatic carbocycles. The lowest BCUT2D eigenvalue weighted by Gasteiger charge is -2.08. The fourth-order valence-corrected chi connectivity index (χ4v) is 2.68. The first-order chi connectivity index (χ1) is 12.1. The van der Waals surface area contributed by atoms with Gasteiger partial charge in [0.05, 0.1) is 24.9 Å². The van der Waals surface area contributed by atoms with Crippen molar-refractivity contribution >= 4 is 23.2 Å². The lowest BCUT2D eigenvalue weighted by molar-refractivity contribution is -0.115. The number of ether oxygens (including phenoxy) is 1. The van der Waals surface area contributed by atoms with Crippen molar-refractivity contribution < 1.29 is 9.53 Å². The van der Waals surface area contributed by atoms with Crippen molar-refractivity contribution in [3.8, 4) is 17.0 Å². The van der Waals surface area contributed by atoms with E-state index in [9.17, 15) is 4.79 Å². The highest BCUT2D eigenvalue weighted by atomic mass is 35.5. The highest BCUT2D eigenvalue weighted by molar-refractivity contribution is 6.30. The fraction of sp³-hybridized carbons (Fsp3) is 0.158. The van der Waals surface area contributed by atoms with Gasteiger partial charge in [-0.3, -0.25) is 9.89 Å². The summed E-state index contributed by atoms with van der Waals surface area (Å²) >= 11 is 5.94. The van der Waals surface area contributed by atoms with E-state index in [0.29, 0.717) is 16.4 Å². The maximum absolute atomic E-state index is 12.5. The lowest BCUT2D eigenvalue weighted by Crippen LogP contribution is -2.15. The van der Waals surface area contributed by atoms with Gasteiger partial charge >= 0.3 is 0 Å². The molecule has 0 aliphatic rings. The van der Waals surface area contributed by atoms with E-state index in [2.05, 4.69) is 15.5 Å². The van der Waals surface area contributed by atoms with E-state index in [4.69, 9.17) is 16.3 Å². The summed E-state index contributed by atoms with van der Waals surface area (Å²) in [6.45, 7) is 1.87. The molecule has 25 heavy (non-hydrogen) atoms. The minimum Gasteiger partial charge on any atom is -0.497 e. The van der Waals surface area contributed by atoms with Crippen molar-refractivity contribution in [2.75, 3.05) is 12.4 Å². The molecule has 3 rings (SSSR count). The highest BCUT2D eigenvalue weighted by Crippen LogP contribution is 2.29. The molecule has 3 aromatic rings. The van der Waals surface area contributed by atoms with E-state index in [1.54, 1.807) is 19.2 Å². The van der Waals surface area contributed by atoms with Gasteiger partial charge < -0.3 is 10.1 Å². The van der Waals surface area contributed by atoms with Crippen LogP contribution in [0.3, 0.4) is 0 Å². The third kappa shape index (κ3) is 4.00. The molecule has 1 heterocycles. The number of anilines is 1. The number of benzene rings is 2. The first-order valence-corrected chi connectivity index (χ1v) is 8.18. The number of methoxy groups -OCH3 is 1. The number of nitrogens with one attached hydrogen (secondary N) is 2. The van der Waals surface area contributed by atoms with Gasteiger partial charge in [0.15, 0.2) is 0 Å². The quantitative estimate of drug-likeness (QED) is 0.719. The minimum absolute atomic E-state index is 0.118. The molecule has 0 atom stereocenters. The van der Waals surface area contributed by atoms with Crippen LogP contribution in [0.15, 0.2) is 48.5 Å². The molecule has 1 amide bonds. The van der Waals surface area contributed by atoms with Crippen LogP contribution in [0.2, 0.25) is 5.02 Å². The average Bonchev–Trinajstić information content (AvgIpc) is 2.96. The summed E-state index contributed by atoms with van der Waals surface area (Å²) in [7, 11) is 1.60. The van der Waals surface area contributed by atoms with Crippen LogP contribution in [0.5, 0.6) is 5.75 Å². The molecule has 0 radical (unpaired) electrons. The third-order valence-electron chi connectivity index (χ3n) is 3.83. The number of nitrogens with zero attached hydrogens (tertiary/aromatic N) is 1. The van der Waals surface area contributed by atoms with Crippen molar-refractivity contribution in [2.24, 2.45) is 0 Å². The third-order valence-corrected chi connectivity index (χ3v) is 4.08. The Morgan fingerprint density at radius 2 is 2.00 bits per heavy atom. The topological polar surface area (TPSA) is 67.0 Å². The zero-order chi connectivity index (χ0) is 17.8. The van der Waals surface area contributed by atoms with Crippen LogP contribution in [0, 0.1) is 6.92 Å². The Morgan fingerprint density at radius 3 is 2.72 bits per heavy atom. The summed E-state index contributed by atoms with van der Waals surface area (Å²) in [5.74, 6) is 0.611. The van der Waals surface area contributed by atoms with E-state index < -0.39 is 0 Å². The number of aromatic nitrogens is 2. The van der Waals surface area contributed by atoms with E-state index in [1.807, 2.05) is 43.3 Å². The number of amides is 1. The molecule has 6 heteroatoms. The monoisotopic (exact) mass is 355 g/mol. The molecule has 0 fully saturated rings. The maximum atomic E-state index is 12.5. The first kappa shape index (κ1) is 17.0. The van der Waals surface area contributed by atoms with Gasteiger partial charge in [-0.15, -0.1) is 0 Å². The van der Waals surface area contributed by atoms with Crippen molar-refractivity contribution in [3.63, 3.8) is 0 Å². The molecule has 1 aromatic heterocycles. The van der Waals surface area contributed by atoms with Crippen LogP contribution in [0.25, 0.3) is 11.3 Å². The predicted octanol–water partition coefficient (Wildman–Crippen LogP) is 4.23. The zero-order valence-electron chi connectivity index (χ0n) is 14.0. The number of hydrogen-bond acceptors (Lipinski definition) is 3. The van der Waals surface area contributed by atoms with Crippen LogP contribution in [0.4, 0.5) is 5.69 Å². The van der Waals surface area contributed by atoms with E-state index in [-0.39, 0.29) is 12.3 Å².